The van der Waals surface area contributed by atoms with Crippen LogP contribution in [0.3, 0.4) is 0 Å². The number of carbonyl (C=O) groups excluding carboxylic acids is 1. The van der Waals surface area contributed by atoms with E-state index in [0.717, 1.165) is 54.9 Å². The molecule has 1 aromatic heterocycles. The molecular weight excluding hydrogens is 379 g/mol. The molecule has 1 N–H and O–H groups in total. The Morgan fingerprint density at radius 2 is 1.97 bits per heavy atom. The maximum absolute atomic E-state index is 13.3. The van der Waals surface area contributed by atoms with E-state index in [-0.39, 0.29) is 17.8 Å². The molecule has 1 amide bonds. The number of likely N-dealkylation sites (tertiary alicyclic amines) is 1. The zero-order valence-electron chi connectivity index (χ0n) is 17.2. The first kappa shape index (κ1) is 20.1. The molecule has 156 valence electrons. The Bertz CT molecular complexity index is 970. The predicted molar refractivity (Wildman–Crippen MR) is 117 cm³/mol. The number of rotatable bonds is 7. The van der Waals surface area contributed by atoms with E-state index in [1.54, 1.807) is 18.3 Å². The summed E-state index contributed by atoms with van der Waals surface area (Å²) in [5, 5.41) is 7.31. The molecule has 0 unspecified atom stereocenters. The van der Waals surface area contributed by atoms with E-state index >= 15 is 0 Å². The Balaban J connectivity index is 1.40. The number of anilines is 1. The number of hydrogen-bond acceptors (Lipinski definition) is 3. The molecule has 1 saturated heterocycles. The summed E-state index contributed by atoms with van der Waals surface area (Å²) in [6.07, 6.45) is 4.97. The molecular formula is C24H27FN4O. The van der Waals surface area contributed by atoms with Gasteiger partial charge in [0.15, 0.2) is 0 Å². The smallest absolute Gasteiger partial charge is 0.223 e. The van der Waals surface area contributed by atoms with Crippen LogP contribution in [-0.4, -0.2) is 41.1 Å². The predicted octanol–water partition coefficient (Wildman–Crippen LogP) is 4.80. The van der Waals surface area contributed by atoms with Gasteiger partial charge in [0, 0.05) is 37.8 Å². The molecule has 30 heavy (non-hydrogen) atoms. The van der Waals surface area contributed by atoms with E-state index in [1.807, 2.05) is 23.1 Å². The van der Waals surface area contributed by atoms with Crippen molar-refractivity contribution in [3.8, 4) is 11.1 Å². The Morgan fingerprint density at radius 3 is 2.73 bits per heavy atom. The van der Waals surface area contributed by atoms with Gasteiger partial charge in [-0.2, -0.15) is 5.10 Å². The Hall–Kier alpha value is -3.15. The number of aromatic nitrogens is 2. The number of nitrogens with zero attached hydrogens (tertiary/aromatic N) is 3. The molecule has 1 fully saturated rings. The molecule has 0 aliphatic carbocycles. The van der Waals surface area contributed by atoms with Crippen LogP contribution in [0.4, 0.5) is 10.1 Å². The van der Waals surface area contributed by atoms with Gasteiger partial charge in [0.25, 0.3) is 0 Å². The number of carbonyl (C=O) groups is 1. The zero-order chi connectivity index (χ0) is 20.9. The van der Waals surface area contributed by atoms with E-state index in [1.165, 1.54) is 12.1 Å². The highest BCUT2D eigenvalue weighted by molar-refractivity contribution is 5.77. The molecule has 1 atom stereocenters. The molecule has 3 aromatic rings. The molecule has 2 heterocycles. The number of para-hydroxylation sites is 1. The van der Waals surface area contributed by atoms with Crippen molar-refractivity contribution in [3.63, 3.8) is 0 Å². The average Bonchev–Trinajstić information content (AvgIpc) is 3.44. The van der Waals surface area contributed by atoms with Gasteiger partial charge < -0.3 is 9.80 Å². The summed E-state index contributed by atoms with van der Waals surface area (Å²) in [7, 11) is 2.05. The lowest BCUT2D eigenvalue weighted by atomic mass is 10.0. The van der Waals surface area contributed by atoms with Crippen molar-refractivity contribution in [1.29, 1.82) is 0 Å². The molecule has 0 bridgehead atoms. The summed E-state index contributed by atoms with van der Waals surface area (Å²) in [5.41, 5.74) is 3.94. The molecule has 6 heteroatoms. The third-order valence-corrected chi connectivity index (χ3v) is 5.81. The van der Waals surface area contributed by atoms with Gasteiger partial charge in [-0.05, 0) is 49.1 Å². The standard InChI is InChI=1S/C24H27FN4O/c1-28(20-7-3-2-4-8-20)15-6-10-23(30)29-16-5-9-22(29)24-21(17-26-27-24)18-11-13-19(25)14-12-18/h2-4,7-8,11-14,17,22H,5-6,9-10,15-16H2,1H3,(H,26,27)/t22-/m1/s1. The fraction of sp³-hybridized carbons (Fsp3) is 0.333. The lowest BCUT2D eigenvalue weighted by Gasteiger charge is -2.25. The van der Waals surface area contributed by atoms with Gasteiger partial charge in [-0.15, -0.1) is 0 Å². The molecule has 0 spiro atoms. The van der Waals surface area contributed by atoms with E-state index < -0.39 is 0 Å². The van der Waals surface area contributed by atoms with Gasteiger partial charge in [0.2, 0.25) is 5.91 Å². The number of amides is 1. The van der Waals surface area contributed by atoms with Crippen LogP contribution in [0.25, 0.3) is 11.1 Å². The molecule has 1 aliphatic rings. The highest BCUT2D eigenvalue weighted by atomic mass is 19.1. The normalized spacial score (nSPS) is 16.1. The van der Waals surface area contributed by atoms with Crippen LogP contribution in [0.2, 0.25) is 0 Å². The monoisotopic (exact) mass is 406 g/mol. The summed E-state index contributed by atoms with van der Waals surface area (Å²) in [5.74, 6) is -0.0828. The van der Waals surface area contributed by atoms with Gasteiger partial charge in [0.1, 0.15) is 5.82 Å². The minimum absolute atomic E-state index is 0.00749. The molecule has 5 nitrogen and oxygen atoms in total. The second-order valence-corrected chi connectivity index (χ2v) is 7.81. The van der Waals surface area contributed by atoms with Crippen LogP contribution in [0.5, 0.6) is 0 Å². The molecule has 2 aromatic carbocycles. The van der Waals surface area contributed by atoms with Crippen LogP contribution >= 0.6 is 0 Å². The van der Waals surface area contributed by atoms with Gasteiger partial charge >= 0.3 is 0 Å². The fourth-order valence-electron chi connectivity index (χ4n) is 4.20. The van der Waals surface area contributed by atoms with Crippen LogP contribution in [0.1, 0.15) is 37.4 Å². The second kappa shape index (κ2) is 9.11. The third kappa shape index (κ3) is 4.37. The number of aromatic amines is 1. The maximum Gasteiger partial charge on any atom is 0.223 e. The Morgan fingerprint density at radius 1 is 1.20 bits per heavy atom. The van der Waals surface area contributed by atoms with E-state index in [9.17, 15) is 9.18 Å². The maximum atomic E-state index is 13.3. The van der Waals surface area contributed by atoms with Gasteiger partial charge in [-0.25, -0.2) is 4.39 Å². The molecule has 1 aliphatic heterocycles. The minimum atomic E-state index is -0.262. The van der Waals surface area contributed by atoms with Gasteiger partial charge in [-0.3, -0.25) is 9.89 Å². The van der Waals surface area contributed by atoms with Crippen molar-refractivity contribution < 1.29 is 9.18 Å². The molecule has 0 radical (unpaired) electrons. The number of hydrogen-bond donors (Lipinski definition) is 1. The van der Waals surface area contributed by atoms with E-state index in [0.29, 0.717) is 6.42 Å². The summed E-state index contributed by atoms with van der Waals surface area (Å²) < 4.78 is 13.3. The summed E-state index contributed by atoms with van der Waals surface area (Å²) in [6.45, 7) is 1.60. The number of nitrogens with one attached hydrogen (secondary N) is 1. The number of benzene rings is 2. The largest absolute Gasteiger partial charge is 0.375 e. The van der Waals surface area contributed by atoms with Crippen molar-refractivity contribution in [2.24, 2.45) is 0 Å². The van der Waals surface area contributed by atoms with Crippen LogP contribution in [-0.2, 0) is 4.79 Å². The van der Waals surface area contributed by atoms with Crippen LogP contribution in [0, 0.1) is 5.82 Å². The second-order valence-electron chi connectivity index (χ2n) is 7.81. The zero-order valence-corrected chi connectivity index (χ0v) is 17.2. The Labute approximate surface area is 176 Å². The lowest BCUT2D eigenvalue weighted by Crippen LogP contribution is -2.31. The van der Waals surface area contributed by atoms with Crippen LogP contribution < -0.4 is 4.90 Å². The average molecular weight is 407 g/mol. The number of halogens is 1. The van der Waals surface area contributed by atoms with Crippen molar-refractivity contribution in [3.05, 3.63) is 72.3 Å². The van der Waals surface area contributed by atoms with Crippen molar-refractivity contribution in [1.82, 2.24) is 15.1 Å². The van der Waals surface area contributed by atoms with E-state index in [2.05, 4.69) is 34.3 Å². The first-order valence-corrected chi connectivity index (χ1v) is 10.5. The first-order chi connectivity index (χ1) is 14.6. The topological polar surface area (TPSA) is 52.2 Å². The molecule has 4 rings (SSSR count). The lowest BCUT2D eigenvalue weighted by molar-refractivity contribution is -0.132. The highest BCUT2D eigenvalue weighted by Gasteiger charge is 2.32. The van der Waals surface area contributed by atoms with Gasteiger partial charge in [-0.1, -0.05) is 30.3 Å². The SMILES string of the molecule is CN(CCCC(=O)N1CCC[C@@H]1c1[nH]ncc1-c1ccc(F)cc1)c1ccccc1. The molecule has 0 saturated carbocycles. The third-order valence-electron chi connectivity index (χ3n) is 5.81. The quantitative estimate of drug-likeness (QED) is 0.613. The van der Waals surface area contributed by atoms with Crippen molar-refractivity contribution in [2.45, 2.75) is 31.7 Å². The summed E-state index contributed by atoms with van der Waals surface area (Å²) in [6, 6.07) is 16.6. The van der Waals surface area contributed by atoms with E-state index in [4.69, 9.17) is 0 Å². The van der Waals surface area contributed by atoms with Crippen LogP contribution in [0.15, 0.2) is 60.8 Å². The number of H-pyrrole nitrogens is 1. The van der Waals surface area contributed by atoms with Crippen molar-refractivity contribution in [2.75, 3.05) is 25.0 Å². The minimum Gasteiger partial charge on any atom is -0.375 e. The summed E-state index contributed by atoms with van der Waals surface area (Å²) in [4.78, 5) is 17.1. The highest BCUT2D eigenvalue weighted by Crippen LogP contribution is 2.36. The van der Waals surface area contributed by atoms with Crippen molar-refractivity contribution >= 4 is 11.6 Å². The summed E-state index contributed by atoms with van der Waals surface area (Å²) >= 11 is 0. The first-order valence-electron chi connectivity index (χ1n) is 10.5. The van der Waals surface area contributed by atoms with Gasteiger partial charge in [0.05, 0.1) is 17.9 Å². The fourth-order valence-corrected chi connectivity index (χ4v) is 4.20. The Kier molecular flexibility index (Phi) is 6.12.